The molecule has 2 N–H and O–H groups in total. The minimum Gasteiger partial charge on any atom is -0.467 e. The van der Waals surface area contributed by atoms with E-state index in [9.17, 15) is 14.4 Å². The van der Waals surface area contributed by atoms with Gasteiger partial charge in [-0.05, 0) is 24.1 Å². The summed E-state index contributed by atoms with van der Waals surface area (Å²) in [5.41, 5.74) is 1.51. The van der Waals surface area contributed by atoms with Crippen LogP contribution in [0.5, 0.6) is 0 Å². The van der Waals surface area contributed by atoms with E-state index in [0.29, 0.717) is 5.69 Å². The highest BCUT2D eigenvalue weighted by Crippen LogP contribution is 2.24. The van der Waals surface area contributed by atoms with Gasteiger partial charge < -0.3 is 19.9 Å². The van der Waals surface area contributed by atoms with Crippen LogP contribution in [0.15, 0.2) is 30.5 Å². The Morgan fingerprint density at radius 2 is 1.92 bits per heavy atom. The van der Waals surface area contributed by atoms with Gasteiger partial charge in [-0.1, -0.05) is 19.9 Å². The van der Waals surface area contributed by atoms with E-state index in [4.69, 9.17) is 4.74 Å². The van der Waals surface area contributed by atoms with Crippen LogP contribution < -0.4 is 10.6 Å². The Morgan fingerprint density at radius 3 is 2.52 bits per heavy atom. The molecule has 1 aromatic carbocycles. The Labute approximate surface area is 146 Å². The van der Waals surface area contributed by atoms with Crippen molar-refractivity contribution in [2.45, 2.75) is 33.4 Å². The molecule has 0 aliphatic carbocycles. The van der Waals surface area contributed by atoms with E-state index >= 15 is 0 Å². The van der Waals surface area contributed by atoms with Crippen molar-refractivity contribution < 1.29 is 19.1 Å². The third kappa shape index (κ3) is 4.37. The number of aromatic nitrogens is 1. The molecule has 0 saturated carbocycles. The number of hydrogen-bond donors (Lipinski definition) is 2. The second-order valence-corrected chi connectivity index (χ2v) is 6.18. The maximum absolute atomic E-state index is 12.3. The summed E-state index contributed by atoms with van der Waals surface area (Å²) in [7, 11) is 1.30. The van der Waals surface area contributed by atoms with E-state index in [1.807, 2.05) is 32.0 Å². The second-order valence-electron chi connectivity index (χ2n) is 6.18. The number of amides is 2. The number of nitrogens with zero attached hydrogens (tertiary/aromatic N) is 1. The fraction of sp³-hybridized carbons (Fsp3) is 0.389. The van der Waals surface area contributed by atoms with Crippen molar-refractivity contribution in [1.29, 1.82) is 0 Å². The summed E-state index contributed by atoms with van der Waals surface area (Å²) in [5, 5.41) is 6.33. The monoisotopic (exact) mass is 345 g/mol. The van der Waals surface area contributed by atoms with Crippen LogP contribution in [0.25, 0.3) is 10.9 Å². The number of nitrogens with one attached hydrogen (secondary N) is 2. The molecule has 2 amide bonds. The Kier molecular flexibility index (Phi) is 5.80. The number of fused-ring (bicyclic) bond motifs is 1. The van der Waals surface area contributed by atoms with Crippen molar-refractivity contribution in [3.05, 3.63) is 30.5 Å². The summed E-state index contributed by atoms with van der Waals surface area (Å²) >= 11 is 0. The maximum Gasteiger partial charge on any atom is 0.328 e. The molecule has 134 valence electrons. The SMILES string of the molecule is COC(=O)C(NC(=O)Cn1ccc2c(NC(C)=O)cccc21)C(C)C. The fourth-order valence-electron chi connectivity index (χ4n) is 2.66. The van der Waals surface area contributed by atoms with Gasteiger partial charge in [0.05, 0.1) is 18.3 Å². The van der Waals surface area contributed by atoms with E-state index in [2.05, 4.69) is 10.6 Å². The first kappa shape index (κ1) is 18.5. The molecule has 0 radical (unpaired) electrons. The van der Waals surface area contributed by atoms with Crippen LogP contribution in [-0.2, 0) is 25.7 Å². The Hall–Kier alpha value is -2.83. The van der Waals surface area contributed by atoms with Gasteiger partial charge in [0.1, 0.15) is 12.6 Å². The molecule has 1 heterocycles. The minimum atomic E-state index is -0.686. The zero-order valence-corrected chi connectivity index (χ0v) is 14.8. The number of anilines is 1. The largest absolute Gasteiger partial charge is 0.467 e. The van der Waals surface area contributed by atoms with Crippen LogP contribution in [0.1, 0.15) is 20.8 Å². The predicted octanol–water partition coefficient (Wildman–Crippen LogP) is 1.91. The molecule has 1 aromatic heterocycles. The van der Waals surface area contributed by atoms with Gasteiger partial charge in [0, 0.05) is 18.5 Å². The van der Waals surface area contributed by atoms with E-state index in [-0.39, 0.29) is 24.3 Å². The molecule has 1 atom stereocenters. The average Bonchev–Trinajstić information content (AvgIpc) is 2.95. The van der Waals surface area contributed by atoms with Crippen molar-refractivity contribution in [1.82, 2.24) is 9.88 Å². The molecule has 1 unspecified atom stereocenters. The van der Waals surface area contributed by atoms with Crippen LogP contribution in [0, 0.1) is 5.92 Å². The molecule has 0 fully saturated rings. The van der Waals surface area contributed by atoms with Gasteiger partial charge in [0.15, 0.2) is 0 Å². The lowest BCUT2D eigenvalue weighted by Crippen LogP contribution is -2.46. The molecule has 0 saturated heterocycles. The predicted molar refractivity (Wildman–Crippen MR) is 95.0 cm³/mol. The normalized spacial score (nSPS) is 12.0. The molecule has 2 aromatic rings. The third-order valence-corrected chi connectivity index (χ3v) is 3.88. The smallest absolute Gasteiger partial charge is 0.328 e. The molecular weight excluding hydrogens is 322 g/mol. The number of methoxy groups -OCH3 is 1. The number of benzene rings is 1. The maximum atomic E-state index is 12.3. The molecule has 0 aliphatic heterocycles. The van der Waals surface area contributed by atoms with E-state index in [1.165, 1.54) is 14.0 Å². The van der Waals surface area contributed by atoms with Gasteiger partial charge in [-0.25, -0.2) is 4.79 Å². The summed E-state index contributed by atoms with van der Waals surface area (Å²) in [4.78, 5) is 35.4. The number of ether oxygens (including phenoxy) is 1. The lowest BCUT2D eigenvalue weighted by atomic mass is 10.0. The Bertz CT molecular complexity index is 795. The summed E-state index contributed by atoms with van der Waals surface area (Å²) in [6.07, 6.45) is 1.78. The van der Waals surface area contributed by atoms with Crippen molar-refractivity contribution in [2.24, 2.45) is 5.92 Å². The van der Waals surface area contributed by atoms with Crippen LogP contribution in [-0.4, -0.2) is 35.5 Å². The summed E-state index contributed by atoms with van der Waals surface area (Å²) < 4.78 is 6.50. The van der Waals surface area contributed by atoms with Gasteiger partial charge in [0.2, 0.25) is 11.8 Å². The highest BCUT2D eigenvalue weighted by Gasteiger charge is 2.25. The number of rotatable bonds is 6. The van der Waals surface area contributed by atoms with Gasteiger partial charge in [0.25, 0.3) is 0 Å². The summed E-state index contributed by atoms with van der Waals surface area (Å²) in [6.45, 7) is 5.19. The van der Waals surface area contributed by atoms with Crippen LogP contribution in [0.4, 0.5) is 5.69 Å². The zero-order valence-electron chi connectivity index (χ0n) is 14.8. The average molecular weight is 345 g/mol. The van der Waals surface area contributed by atoms with Crippen LogP contribution in [0.2, 0.25) is 0 Å². The quantitative estimate of drug-likeness (QED) is 0.783. The van der Waals surface area contributed by atoms with Gasteiger partial charge in [-0.2, -0.15) is 0 Å². The highest BCUT2D eigenvalue weighted by atomic mass is 16.5. The summed E-state index contributed by atoms with van der Waals surface area (Å²) in [6, 6.07) is 6.64. The molecule has 2 rings (SSSR count). The molecule has 0 spiro atoms. The fourth-order valence-corrected chi connectivity index (χ4v) is 2.66. The van der Waals surface area contributed by atoms with Crippen molar-refractivity contribution in [3.8, 4) is 0 Å². The first-order chi connectivity index (χ1) is 11.8. The van der Waals surface area contributed by atoms with Gasteiger partial charge >= 0.3 is 5.97 Å². The van der Waals surface area contributed by atoms with Crippen molar-refractivity contribution in [2.75, 3.05) is 12.4 Å². The first-order valence-electron chi connectivity index (χ1n) is 8.06. The molecule has 7 heteroatoms. The number of carbonyl (C=O) groups excluding carboxylic acids is 3. The van der Waals surface area contributed by atoms with E-state index in [1.54, 1.807) is 16.8 Å². The Morgan fingerprint density at radius 1 is 1.20 bits per heavy atom. The highest BCUT2D eigenvalue weighted by molar-refractivity contribution is 6.01. The summed E-state index contributed by atoms with van der Waals surface area (Å²) in [5.74, 6) is -0.986. The molecule has 0 aliphatic rings. The van der Waals surface area contributed by atoms with Crippen LogP contribution >= 0.6 is 0 Å². The van der Waals surface area contributed by atoms with Crippen molar-refractivity contribution >= 4 is 34.4 Å². The minimum absolute atomic E-state index is 0.0627. The lowest BCUT2D eigenvalue weighted by molar-refractivity contribution is -0.146. The number of hydrogen-bond acceptors (Lipinski definition) is 4. The molecule has 7 nitrogen and oxygen atoms in total. The van der Waals surface area contributed by atoms with E-state index < -0.39 is 12.0 Å². The molecule has 25 heavy (non-hydrogen) atoms. The topological polar surface area (TPSA) is 89.4 Å². The van der Waals surface area contributed by atoms with Gasteiger partial charge in [-0.15, -0.1) is 0 Å². The van der Waals surface area contributed by atoms with E-state index in [0.717, 1.165) is 10.9 Å². The lowest BCUT2D eigenvalue weighted by Gasteiger charge is -2.20. The molecule has 0 bridgehead atoms. The first-order valence-corrected chi connectivity index (χ1v) is 8.06. The zero-order chi connectivity index (χ0) is 18.6. The van der Waals surface area contributed by atoms with Crippen LogP contribution in [0.3, 0.4) is 0 Å². The number of carbonyl (C=O) groups is 3. The standard InChI is InChI=1S/C18H23N3O4/c1-11(2)17(18(24)25-4)20-16(23)10-21-9-8-13-14(19-12(3)22)6-5-7-15(13)21/h5-9,11,17H,10H2,1-4H3,(H,19,22)(H,20,23). The van der Waals surface area contributed by atoms with Crippen molar-refractivity contribution in [3.63, 3.8) is 0 Å². The molecular formula is C18H23N3O4. The number of esters is 1. The second kappa shape index (κ2) is 7.83. The van der Waals surface area contributed by atoms with Gasteiger partial charge in [-0.3, -0.25) is 9.59 Å². The third-order valence-electron chi connectivity index (χ3n) is 3.88. The Balaban J connectivity index is 2.18.